The molecule has 1 aromatic rings. The molecule has 1 aromatic carbocycles. The van der Waals surface area contributed by atoms with E-state index in [1.54, 1.807) is 6.07 Å². The number of halogens is 2. The van der Waals surface area contributed by atoms with E-state index in [1.807, 2.05) is 26.8 Å². The molecule has 0 aliphatic rings. The molecule has 3 N–H and O–H groups in total. The van der Waals surface area contributed by atoms with Gasteiger partial charge in [0.05, 0.1) is 0 Å². The Morgan fingerprint density at radius 1 is 1.45 bits per heavy atom. The molecule has 0 aliphatic carbocycles. The molecular formula is C15H24ClFN2O. The minimum atomic E-state index is -0.379. The van der Waals surface area contributed by atoms with Crippen molar-refractivity contribution in [3.63, 3.8) is 0 Å². The van der Waals surface area contributed by atoms with E-state index in [1.165, 1.54) is 12.1 Å². The Balaban J connectivity index is 0.00000361. The van der Waals surface area contributed by atoms with Crippen molar-refractivity contribution in [2.45, 2.75) is 39.2 Å². The second kappa shape index (κ2) is 8.22. The number of amides is 1. The number of hydrogen-bond donors (Lipinski definition) is 2. The molecule has 0 saturated heterocycles. The highest BCUT2D eigenvalue weighted by molar-refractivity contribution is 5.85. The highest BCUT2D eigenvalue weighted by Crippen LogP contribution is 2.13. The predicted molar refractivity (Wildman–Crippen MR) is 82.4 cm³/mol. The van der Waals surface area contributed by atoms with Crippen LogP contribution in [-0.4, -0.2) is 18.0 Å². The molecule has 114 valence electrons. The van der Waals surface area contributed by atoms with E-state index in [4.69, 9.17) is 5.73 Å². The maximum absolute atomic E-state index is 13.1. The quantitative estimate of drug-likeness (QED) is 0.849. The van der Waals surface area contributed by atoms with E-state index >= 15 is 0 Å². The summed E-state index contributed by atoms with van der Waals surface area (Å²) >= 11 is 0. The lowest BCUT2D eigenvalue weighted by molar-refractivity contribution is -0.123. The van der Waals surface area contributed by atoms with Crippen LogP contribution in [0.25, 0.3) is 0 Å². The van der Waals surface area contributed by atoms with Gasteiger partial charge in [-0.1, -0.05) is 19.1 Å². The predicted octanol–water partition coefficient (Wildman–Crippen LogP) is 2.67. The van der Waals surface area contributed by atoms with E-state index in [2.05, 4.69) is 5.32 Å². The van der Waals surface area contributed by atoms with E-state index in [0.29, 0.717) is 19.4 Å². The van der Waals surface area contributed by atoms with Crippen molar-refractivity contribution >= 4 is 18.3 Å². The third-order valence-corrected chi connectivity index (χ3v) is 3.00. The van der Waals surface area contributed by atoms with Crippen LogP contribution < -0.4 is 11.1 Å². The number of carbonyl (C=O) groups excluding carboxylic acids is 1. The molecule has 0 aromatic heterocycles. The molecular weight excluding hydrogens is 279 g/mol. The normalized spacial score (nSPS) is 12.4. The monoisotopic (exact) mass is 302 g/mol. The van der Waals surface area contributed by atoms with Crippen molar-refractivity contribution in [2.24, 2.45) is 11.7 Å². The summed E-state index contributed by atoms with van der Waals surface area (Å²) in [5, 5.41) is 2.90. The molecule has 0 radical (unpaired) electrons. The van der Waals surface area contributed by atoms with Crippen LogP contribution in [0.5, 0.6) is 0 Å². The van der Waals surface area contributed by atoms with Crippen molar-refractivity contribution in [2.75, 3.05) is 6.54 Å². The molecule has 1 rings (SSSR count). The maximum Gasteiger partial charge on any atom is 0.220 e. The van der Waals surface area contributed by atoms with Gasteiger partial charge in [0.15, 0.2) is 0 Å². The van der Waals surface area contributed by atoms with Crippen molar-refractivity contribution in [3.05, 3.63) is 35.6 Å². The first-order valence-corrected chi connectivity index (χ1v) is 6.58. The van der Waals surface area contributed by atoms with Crippen molar-refractivity contribution in [1.82, 2.24) is 5.32 Å². The summed E-state index contributed by atoms with van der Waals surface area (Å²) in [6, 6.07) is 6.50. The number of nitrogens with one attached hydrogen (secondary N) is 1. The van der Waals surface area contributed by atoms with Gasteiger partial charge in [0.2, 0.25) is 5.91 Å². The summed E-state index contributed by atoms with van der Waals surface area (Å²) in [4.78, 5) is 11.8. The van der Waals surface area contributed by atoms with Gasteiger partial charge in [-0.25, -0.2) is 4.39 Å². The number of carbonyl (C=O) groups is 1. The van der Waals surface area contributed by atoms with Crippen LogP contribution in [0.15, 0.2) is 24.3 Å². The highest BCUT2D eigenvalue weighted by Gasteiger charge is 2.19. The molecule has 0 aliphatic heterocycles. The zero-order valence-corrected chi connectivity index (χ0v) is 13.1. The first kappa shape index (κ1) is 18.9. The number of nitrogens with two attached hydrogens (primary N) is 1. The average Bonchev–Trinajstić information content (AvgIpc) is 2.27. The lowest BCUT2D eigenvalue weighted by atomic mass is 9.97. The minimum absolute atomic E-state index is 0. The topological polar surface area (TPSA) is 55.1 Å². The van der Waals surface area contributed by atoms with Gasteiger partial charge in [0.25, 0.3) is 0 Å². The van der Waals surface area contributed by atoms with Crippen LogP contribution in [0, 0.1) is 11.7 Å². The molecule has 0 saturated carbocycles. The van der Waals surface area contributed by atoms with Gasteiger partial charge >= 0.3 is 0 Å². The van der Waals surface area contributed by atoms with Crippen molar-refractivity contribution < 1.29 is 9.18 Å². The van der Waals surface area contributed by atoms with Crippen LogP contribution in [0.3, 0.4) is 0 Å². The summed E-state index contributed by atoms with van der Waals surface area (Å²) in [6.45, 7) is 6.17. The molecule has 5 heteroatoms. The van der Waals surface area contributed by atoms with E-state index in [0.717, 1.165) is 5.56 Å². The molecule has 1 unspecified atom stereocenters. The zero-order chi connectivity index (χ0) is 14.5. The van der Waals surface area contributed by atoms with Gasteiger partial charge < -0.3 is 11.1 Å². The Bertz CT molecular complexity index is 438. The third kappa shape index (κ3) is 6.87. The van der Waals surface area contributed by atoms with Crippen LogP contribution in [0.2, 0.25) is 0 Å². The molecule has 3 nitrogen and oxygen atoms in total. The molecule has 20 heavy (non-hydrogen) atoms. The molecule has 1 amide bonds. The van der Waals surface area contributed by atoms with E-state index < -0.39 is 0 Å². The van der Waals surface area contributed by atoms with Crippen LogP contribution in [-0.2, 0) is 11.2 Å². The summed E-state index contributed by atoms with van der Waals surface area (Å²) < 4.78 is 13.1. The molecule has 0 heterocycles. The first-order chi connectivity index (χ1) is 8.82. The second-order valence-electron chi connectivity index (χ2n) is 5.78. The largest absolute Gasteiger partial charge is 0.350 e. The third-order valence-electron chi connectivity index (χ3n) is 3.00. The number of rotatable bonds is 6. The summed E-state index contributed by atoms with van der Waals surface area (Å²) in [6.07, 6.45) is 1.11. The molecule has 1 atom stereocenters. The SMILES string of the molecule is CC(CC(=O)NC(C)(C)CN)Cc1cccc(F)c1.Cl. The summed E-state index contributed by atoms with van der Waals surface area (Å²) in [5.41, 5.74) is 6.11. The Hall–Kier alpha value is -1.13. The fourth-order valence-electron chi connectivity index (χ4n) is 1.93. The Morgan fingerprint density at radius 3 is 2.65 bits per heavy atom. The van der Waals surface area contributed by atoms with Crippen molar-refractivity contribution in [1.29, 1.82) is 0 Å². The standard InChI is InChI=1S/C15H23FN2O.ClH/c1-11(7-12-5-4-6-13(16)9-12)8-14(19)18-15(2,3)10-17;/h4-6,9,11H,7-8,10,17H2,1-3H3,(H,18,19);1H. The van der Waals surface area contributed by atoms with Gasteiger partial charge in [-0.05, 0) is 43.9 Å². The molecule has 0 bridgehead atoms. The lowest BCUT2D eigenvalue weighted by Gasteiger charge is -2.25. The average molecular weight is 303 g/mol. The van der Waals surface area contributed by atoms with Gasteiger partial charge in [-0.15, -0.1) is 12.4 Å². The number of hydrogen-bond acceptors (Lipinski definition) is 2. The first-order valence-electron chi connectivity index (χ1n) is 6.58. The minimum Gasteiger partial charge on any atom is -0.350 e. The van der Waals surface area contributed by atoms with Crippen LogP contribution >= 0.6 is 12.4 Å². The highest BCUT2D eigenvalue weighted by atomic mass is 35.5. The fraction of sp³-hybridized carbons (Fsp3) is 0.533. The van der Waals surface area contributed by atoms with Gasteiger partial charge in [-0.2, -0.15) is 0 Å². The summed E-state index contributed by atoms with van der Waals surface area (Å²) in [7, 11) is 0. The summed E-state index contributed by atoms with van der Waals surface area (Å²) in [5.74, 6) is -0.0897. The maximum atomic E-state index is 13.1. The Kier molecular flexibility index (Phi) is 7.76. The van der Waals surface area contributed by atoms with Gasteiger partial charge in [0.1, 0.15) is 5.82 Å². The zero-order valence-electron chi connectivity index (χ0n) is 12.3. The lowest BCUT2D eigenvalue weighted by Crippen LogP contribution is -2.49. The fourth-order valence-corrected chi connectivity index (χ4v) is 1.93. The molecule has 0 fully saturated rings. The van der Waals surface area contributed by atoms with E-state index in [9.17, 15) is 9.18 Å². The van der Waals surface area contributed by atoms with Crippen LogP contribution in [0.1, 0.15) is 32.8 Å². The second-order valence-corrected chi connectivity index (χ2v) is 5.78. The van der Waals surface area contributed by atoms with E-state index in [-0.39, 0.29) is 35.6 Å². The van der Waals surface area contributed by atoms with Crippen molar-refractivity contribution in [3.8, 4) is 0 Å². The Morgan fingerprint density at radius 2 is 2.10 bits per heavy atom. The van der Waals surface area contributed by atoms with Gasteiger partial charge in [-0.3, -0.25) is 4.79 Å². The molecule has 0 spiro atoms. The Labute approximate surface area is 126 Å². The van der Waals surface area contributed by atoms with Crippen LogP contribution in [0.4, 0.5) is 4.39 Å². The number of benzene rings is 1. The smallest absolute Gasteiger partial charge is 0.220 e. The van der Waals surface area contributed by atoms with Gasteiger partial charge in [0, 0.05) is 18.5 Å².